The van der Waals surface area contributed by atoms with Crippen LogP contribution >= 0.6 is 0 Å². The predicted octanol–water partition coefficient (Wildman–Crippen LogP) is 1.49. The second-order valence-electron chi connectivity index (χ2n) is 4.56. The fourth-order valence-electron chi connectivity index (χ4n) is 2.45. The fourth-order valence-corrected chi connectivity index (χ4v) is 2.45. The van der Waals surface area contributed by atoms with Crippen LogP contribution in [0.25, 0.3) is 0 Å². The van der Waals surface area contributed by atoms with Crippen molar-refractivity contribution in [2.24, 2.45) is 0 Å². The average Bonchev–Trinajstić information content (AvgIpc) is 2.77. The van der Waals surface area contributed by atoms with Gasteiger partial charge in [-0.05, 0) is 23.6 Å². The van der Waals surface area contributed by atoms with Gasteiger partial charge in [0.25, 0.3) is 0 Å². The monoisotopic (exact) mass is 218 g/mol. The molecule has 0 saturated carbocycles. The summed E-state index contributed by atoms with van der Waals surface area (Å²) in [6.07, 6.45) is 1.17. The molecule has 2 aliphatic rings. The maximum atomic E-state index is 5.36. The van der Waals surface area contributed by atoms with Gasteiger partial charge in [0, 0.05) is 31.9 Å². The molecule has 16 heavy (non-hydrogen) atoms. The number of morpholine rings is 1. The number of nitrogens with zero attached hydrogens (tertiary/aromatic N) is 1. The third-order valence-electron chi connectivity index (χ3n) is 3.39. The van der Waals surface area contributed by atoms with Gasteiger partial charge in [-0.3, -0.25) is 4.90 Å². The first-order valence-electron chi connectivity index (χ1n) is 6.07. The minimum absolute atomic E-state index is 0.878. The maximum Gasteiger partial charge on any atom is 0.0594 e. The van der Waals surface area contributed by atoms with Gasteiger partial charge in [-0.15, -0.1) is 0 Å². The van der Waals surface area contributed by atoms with Gasteiger partial charge >= 0.3 is 0 Å². The molecule has 0 aromatic heterocycles. The van der Waals surface area contributed by atoms with Crippen molar-refractivity contribution in [1.29, 1.82) is 0 Å². The Balaban J connectivity index is 1.69. The standard InChI is InChI=1S/C13H18N2O/c1-2-12-3-4-14-13(12)9-11(1)10-15-5-7-16-8-6-15/h1-2,9,14H,3-8,10H2. The minimum atomic E-state index is 0.878. The number of benzene rings is 1. The zero-order valence-corrected chi connectivity index (χ0v) is 9.54. The van der Waals surface area contributed by atoms with Crippen LogP contribution in [0.15, 0.2) is 18.2 Å². The van der Waals surface area contributed by atoms with Crippen molar-refractivity contribution in [2.45, 2.75) is 13.0 Å². The zero-order valence-electron chi connectivity index (χ0n) is 9.54. The molecule has 3 nitrogen and oxygen atoms in total. The van der Waals surface area contributed by atoms with Crippen LogP contribution in [-0.2, 0) is 17.7 Å². The van der Waals surface area contributed by atoms with Crippen LogP contribution in [0.4, 0.5) is 5.69 Å². The zero-order chi connectivity index (χ0) is 10.8. The number of rotatable bonds is 2. The Labute approximate surface area is 96.4 Å². The number of hydrogen-bond acceptors (Lipinski definition) is 3. The lowest BCUT2D eigenvalue weighted by Crippen LogP contribution is -2.35. The molecule has 2 heterocycles. The van der Waals surface area contributed by atoms with E-state index in [1.54, 1.807) is 0 Å². The molecule has 1 aromatic rings. The van der Waals surface area contributed by atoms with Gasteiger partial charge in [0.05, 0.1) is 13.2 Å². The van der Waals surface area contributed by atoms with Crippen LogP contribution in [0.3, 0.4) is 0 Å². The quantitative estimate of drug-likeness (QED) is 0.814. The molecule has 0 unspecified atom stereocenters. The lowest BCUT2D eigenvalue weighted by atomic mass is 10.1. The molecule has 1 N–H and O–H groups in total. The summed E-state index contributed by atoms with van der Waals surface area (Å²) in [6, 6.07) is 6.84. The summed E-state index contributed by atoms with van der Waals surface area (Å²) in [5.74, 6) is 0. The predicted molar refractivity (Wildman–Crippen MR) is 64.7 cm³/mol. The van der Waals surface area contributed by atoms with Gasteiger partial charge in [0.1, 0.15) is 0 Å². The van der Waals surface area contributed by atoms with Gasteiger partial charge in [-0.1, -0.05) is 12.1 Å². The number of nitrogens with one attached hydrogen (secondary N) is 1. The first-order valence-corrected chi connectivity index (χ1v) is 6.07. The van der Waals surface area contributed by atoms with E-state index in [0.717, 1.165) is 39.4 Å². The van der Waals surface area contributed by atoms with Crippen molar-refractivity contribution in [2.75, 3.05) is 38.2 Å². The molecule has 2 aliphatic heterocycles. The highest BCUT2D eigenvalue weighted by molar-refractivity contribution is 5.56. The molecule has 3 rings (SSSR count). The summed E-state index contributed by atoms with van der Waals surface area (Å²) in [7, 11) is 0. The van der Waals surface area contributed by atoms with Gasteiger partial charge in [0.2, 0.25) is 0 Å². The van der Waals surface area contributed by atoms with E-state index in [1.165, 1.54) is 23.2 Å². The third kappa shape index (κ3) is 2.06. The van der Waals surface area contributed by atoms with Crippen LogP contribution in [0, 0.1) is 0 Å². The molecule has 0 amide bonds. The van der Waals surface area contributed by atoms with E-state index >= 15 is 0 Å². The van der Waals surface area contributed by atoms with Crippen LogP contribution in [0.2, 0.25) is 0 Å². The van der Waals surface area contributed by atoms with Crippen LogP contribution < -0.4 is 5.32 Å². The summed E-state index contributed by atoms with van der Waals surface area (Å²) in [5.41, 5.74) is 4.21. The first-order chi connectivity index (χ1) is 7.92. The fraction of sp³-hybridized carbons (Fsp3) is 0.538. The molecule has 1 aromatic carbocycles. The van der Waals surface area contributed by atoms with E-state index in [-0.39, 0.29) is 0 Å². The molecule has 3 heteroatoms. The van der Waals surface area contributed by atoms with Gasteiger partial charge in [-0.2, -0.15) is 0 Å². The van der Waals surface area contributed by atoms with E-state index in [2.05, 4.69) is 28.4 Å². The largest absolute Gasteiger partial charge is 0.384 e. The van der Waals surface area contributed by atoms with Crippen molar-refractivity contribution in [3.05, 3.63) is 29.3 Å². The number of fused-ring (bicyclic) bond motifs is 1. The molecular formula is C13H18N2O. The molecule has 0 aliphatic carbocycles. The third-order valence-corrected chi connectivity index (χ3v) is 3.39. The van der Waals surface area contributed by atoms with Gasteiger partial charge in [0.15, 0.2) is 0 Å². The molecule has 1 fully saturated rings. The Morgan fingerprint density at radius 1 is 1.25 bits per heavy atom. The lowest BCUT2D eigenvalue weighted by molar-refractivity contribution is 0.0342. The average molecular weight is 218 g/mol. The minimum Gasteiger partial charge on any atom is -0.384 e. The molecule has 0 bridgehead atoms. The summed E-state index contributed by atoms with van der Waals surface area (Å²) in [4.78, 5) is 2.46. The summed E-state index contributed by atoms with van der Waals surface area (Å²) in [5, 5.41) is 3.43. The number of ether oxygens (including phenoxy) is 1. The Morgan fingerprint density at radius 3 is 3.00 bits per heavy atom. The van der Waals surface area contributed by atoms with E-state index in [4.69, 9.17) is 4.74 Å². The summed E-state index contributed by atoms with van der Waals surface area (Å²) in [6.45, 7) is 6.02. The SMILES string of the molecule is c1cc2c(cc1CN1CCOCC1)NCC2. The molecule has 86 valence electrons. The highest BCUT2D eigenvalue weighted by atomic mass is 16.5. The molecule has 1 saturated heterocycles. The number of hydrogen-bond donors (Lipinski definition) is 1. The molecule has 0 radical (unpaired) electrons. The van der Waals surface area contributed by atoms with Crippen molar-refractivity contribution >= 4 is 5.69 Å². The normalized spacial score (nSPS) is 20.5. The van der Waals surface area contributed by atoms with E-state index in [1.807, 2.05) is 0 Å². The first kappa shape index (κ1) is 10.1. The van der Waals surface area contributed by atoms with Crippen LogP contribution in [-0.4, -0.2) is 37.7 Å². The summed E-state index contributed by atoms with van der Waals surface area (Å²) < 4.78 is 5.36. The second kappa shape index (κ2) is 4.44. The van der Waals surface area contributed by atoms with E-state index in [9.17, 15) is 0 Å². The lowest BCUT2D eigenvalue weighted by Gasteiger charge is -2.26. The van der Waals surface area contributed by atoms with E-state index in [0.29, 0.717) is 0 Å². The smallest absolute Gasteiger partial charge is 0.0594 e. The van der Waals surface area contributed by atoms with Gasteiger partial charge in [-0.25, -0.2) is 0 Å². The Hall–Kier alpha value is -1.06. The van der Waals surface area contributed by atoms with Crippen LogP contribution in [0.5, 0.6) is 0 Å². The Bertz CT molecular complexity index is 372. The maximum absolute atomic E-state index is 5.36. The van der Waals surface area contributed by atoms with Crippen molar-refractivity contribution in [1.82, 2.24) is 4.90 Å². The Morgan fingerprint density at radius 2 is 2.12 bits per heavy atom. The summed E-state index contributed by atoms with van der Waals surface area (Å²) >= 11 is 0. The second-order valence-corrected chi connectivity index (χ2v) is 4.56. The van der Waals surface area contributed by atoms with Crippen molar-refractivity contribution in [3.8, 4) is 0 Å². The van der Waals surface area contributed by atoms with Gasteiger partial charge < -0.3 is 10.1 Å². The van der Waals surface area contributed by atoms with Crippen molar-refractivity contribution < 1.29 is 4.74 Å². The molecule has 0 atom stereocenters. The highest BCUT2D eigenvalue weighted by Crippen LogP contribution is 2.23. The molecule has 0 spiro atoms. The van der Waals surface area contributed by atoms with Crippen molar-refractivity contribution in [3.63, 3.8) is 0 Å². The number of anilines is 1. The molecular weight excluding hydrogens is 200 g/mol. The topological polar surface area (TPSA) is 24.5 Å². The highest BCUT2D eigenvalue weighted by Gasteiger charge is 2.13. The Kier molecular flexibility index (Phi) is 2.80. The van der Waals surface area contributed by atoms with E-state index < -0.39 is 0 Å². The van der Waals surface area contributed by atoms with Crippen LogP contribution in [0.1, 0.15) is 11.1 Å².